The Morgan fingerprint density at radius 3 is 2.45 bits per heavy atom. The van der Waals surface area contributed by atoms with Gasteiger partial charge in [0.1, 0.15) is 12.4 Å². The molecule has 1 aromatic heterocycles. The topological polar surface area (TPSA) is 89.3 Å². The van der Waals surface area contributed by atoms with Gasteiger partial charge in [-0.3, -0.25) is 9.59 Å². The van der Waals surface area contributed by atoms with E-state index in [9.17, 15) is 22.4 Å². The molecule has 0 spiro atoms. The molecule has 1 aliphatic heterocycles. The highest BCUT2D eigenvalue weighted by molar-refractivity contribution is 7.91. The number of rotatable bonds is 5. The Kier molecular flexibility index (Phi) is 5.69. The second kappa shape index (κ2) is 8.43. The Morgan fingerprint density at radius 1 is 1.06 bits per heavy atom. The van der Waals surface area contributed by atoms with Crippen LogP contribution in [0.4, 0.5) is 10.1 Å². The van der Waals surface area contributed by atoms with Crippen molar-refractivity contribution in [1.29, 1.82) is 0 Å². The molecule has 1 saturated heterocycles. The molecule has 3 aromatic rings. The second-order valence-electron chi connectivity index (χ2n) is 7.35. The summed E-state index contributed by atoms with van der Waals surface area (Å²) in [5, 5.41) is 4.17. The van der Waals surface area contributed by atoms with Crippen LogP contribution in [0.2, 0.25) is 0 Å². The summed E-state index contributed by atoms with van der Waals surface area (Å²) in [6.45, 7) is -0.396. The van der Waals surface area contributed by atoms with Crippen molar-refractivity contribution in [1.82, 2.24) is 9.78 Å². The first kappa shape index (κ1) is 20.9. The zero-order valence-electron chi connectivity index (χ0n) is 16.5. The van der Waals surface area contributed by atoms with Gasteiger partial charge in [0.05, 0.1) is 23.2 Å². The Hall–Kier alpha value is -3.33. The normalized spacial score (nSPS) is 17.4. The van der Waals surface area contributed by atoms with Crippen molar-refractivity contribution in [2.75, 3.05) is 16.4 Å². The van der Waals surface area contributed by atoms with E-state index < -0.39 is 39.7 Å². The Balaban J connectivity index is 1.67. The number of para-hydroxylation sites is 1. The van der Waals surface area contributed by atoms with Crippen molar-refractivity contribution in [2.24, 2.45) is 0 Å². The molecule has 1 amide bonds. The maximum Gasteiger partial charge on any atom is 0.267 e. The van der Waals surface area contributed by atoms with Crippen molar-refractivity contribution in [3.05, 3.63) is 82.9 Å². The Labute approximate surface area is 178 Å². The van der Waals surface area contributed by atoms with E-state index in [-0.39, 0.29) is 22.8 Å². The number of amides is 1. The fourth-order valence-electron chi connectivity index (χ4n) is 3.71. The van der Waals surface area contributed by atoms with Crippen molar-refractivity contribution in [3.63, 3.8) is 0 Å². The number of nitrogens with zero attached hydrogens (tertiary/aromatic N) is 3. The third kappa shape index (κ3) is 4.56. The van der Waals surface area contributed by atoms with E-state index in [1.165, 1.54) is 29.2 Å². The number of hydrogen-bond donors (Lipinski definition) is 0. The molecule has 31 heavy (non-hydrogen) atoms. The highest BCUT2D eigenvalue weighted by atomic mass is 32.2. The molecule has 2 aromatic carbocycles. The lowest BCUT2D eigenvalue weighted by Gasteiger charge is -2.28. The fourth-order valence-corrected chi connectivity index (χ4v) is 5.40. The van der Waals surface area contributed by atoms with Gasteiger partial charge in [-0.25, -0.2) is 17.5 Å². The van der Waals surface area contributed by atoms with Gasteiger partial charge in [0, 0.05) is 17.3 Å². The predicted molar refractivity (Wildman–Crippen MR) is 115 cm³/mol. The lowest BCUT2D eigenvalue weighted by Crippen LogP contribution is -2.44. The SMILES string of the molecule is O=C(Cn1nc(-c2ccccc2F)ccc1=O)N(c1ccccc1)C1CCS(=O)(=O)C1. The van der Waals surface area contributed by atoms with Gasteiger partial charge in [-0.2, -0.15) is 5.10 Å². The van der Waals surface area contributed by atoms with Gasteiger partial charge in [-0.15, -0.1) is 0 Å². The molecule has 1 atom stereocenters. The van der Waals surface area contributed by atoms with Crippen LogP contribution < -0.4 is 10.5 Å². The van der Waals surface area contributed by atoms with Crippen LogP contribution in [-0.2, 0) is 21.2 Å². The number of sulfone groups is 1. The molecule has 2 heterocycles. The van der Waals surface area contributed by atoms with Gasteiger partial charge >= 0.3 is 0 Å². The van der Waals surface area contributed by atoms with Gasteiger partial charge in [0.2, 0.25) is 5.91 Å². The number of carbonyl (C=O) groups is 1. The molecule has 0 aliphatic carbocycles. The highest BCUT2D eigenvalue weighted by Crippen LogP contribution is 2.25. The number of carbonyl (C=O) groups excluding carboxylic acids is 1. The number of aromatic nitrogens is 2. The Morgan fingerprint density at radius 2 is 1.77 bits per heavy atom. The monoisotopic (exact) mass is 441 g/mol. The average Bonchev–Trinajstić information content (AvgIpc) is 3.10. The van der Waals surface area contributed by atoms with E-state index in [0.717, 1.165) is 4.68 Å². The third-order valence-electron chi connectivity index (χ3n) is 5.18. The van der Waals surface area contributed by atoms with Crippen LogP contribution in [0, 0.1) is 5.82 Å². The van der Waals surface area contributed by atoms with Crippen molar-refractivity contribution in [3.8, 4) is 11.3 Å². The highest BCUT2D eigenvalue weighted by Gasteiger charge is 2.35. The first-order valence-corrected chi connectivity index (χ1v) is 11.6. The van der Waals surface area contributed by atoms with Crippen molar-refractivity contribution < 1.29 is 17.6 Å². The maximum absolute atomic E-state index is 14.1. The second-order valence-corrected chi connectivity index (χ2v) is 9.58. The minimum absolute atomic E-state index is 0.00917. The molecular weight excluding hydrogens is 421 g/mol. The van der Waals surface area contributed by atoms with Crippen molar-refractivity contribution >= 4 is 21.4 Å². The van der Waals surface area contributed by atoms with Gasteiger partial charge < -0.3 is 4.90 Å². The minimum atomic E-state index is -3.23. The molecule has 1 fully saturated rings. The number of hydrogen-bond acceptors (Lipinski definition) is 5. The van der Waals surface area contributed by atoms with E-state index in [4.69, 9.17) is 0 Å². The molecule has 0 N–H and O–H groups in total. The smallest absolute Gasteiger partial charge is 0.267 e. The number of benzene rings is 2. The molecule has 0 bridgehead atoms. The summed E-state index contributed by atoms with van der Waals surface area (Å²) in [5.74, 6) is -1.08. The molecule has 9 heteroatoms. The van der Waals surface area contributed by atoms with Gasteiger partial charge in [0.15, 0.2) is 9.84 Å². The van der Waals surface area contributed by atoms with Crippen LogP contribution in [0.15, 0.2) is 71.5 Å². The predicted octanol–water partition coefficient (Wildman–Crippen LogP) is 2.27. The summed E-state index contributed by atoms with van der Waals surface area (Å²) in [7, 11) is -3.23. The molecule has 160 valence electrons. The first-order valence-electron chi connectivity index (χ1n) is 9.75. The van der Waals surface area contributed by atoms with Crippen LogP contribution in [0.3, 0.4) is 0 Å². The van der Waals surface area contributed by atoms with Crippen LogP contribution in [0.5, 0.6) is 0 Å². The van der Waals surface area contributed by atoms with Crippen LogP contribution in [0.1, 0.15) is 6.42 Å². The molecule has 1 aliphatic rings. The van der Waals surface area contributed by atoms with Crippen LogP contribution >= 0.6 is 0 Å². The summed E-state index contributed by atoms with van der Waals surface area (Å²) in [6, 6.07) is 16.9. The average molecular weight is 441 g/mol. The summed E-state index contributed by atoms with van der Waals surface area (Å²) in [4.78, 5) is 27.0. The van der Waals surface area contributed by atoms with Crippen LogP contribution in [-0.4, -0.2) is 41.7 Å². The molecular formula is C22H20FN3O4S. The lowest BCUT2D eigenvalue weighted by molar-refractivity contribution is -0.119. The summed E-state index contributed by atoms with van der Waals surface area (Å²) >= 11 is 0. The fraction of sp³-hybridized carbons (Fsp3) is 0.227. The van der Waals surface area contributed by atoms with Gasteiger partial charge in [-0.05, 0) is 36.8 Å². The van der Waals surface area contributed by atoms with Gasteiger partial charge in [0.25, 0.3) is 5.56 Å². The van der Waals surface area contributed by atoms with E-state index in [1.807, 2.05) is 0 Å². The summed E-state index contributed by atoms with van der Waals surface area (Å²) < 4.78 is 39.1. The summed E-state index contributed by atoms with van der Waals surface area (Å²) in [5.41, 5.74) is 0.471. The maximum atomic E-state index is 14.1. The number of anilines is 1. The van der Waals surface area contributed by atoms with E-state index in [2.05, 4.69) is 5.10 Å². The standard InChI is InChI=1S/C22H20FN3O4S/c23-19-9-5-4-8-18(19)20-10-11-21(27)25(24-20)14-22(28)26(16-6-2-1-3-7-16)17-12-13-31(29,30)15-17/h1-11,17H,12-15H2. The zero-order valence-corrected chi connectivity index (χ0v) is 17.3. The quantitative estimate of drug-likeness (QED) is 0.606. The summed E-state index contributed by atoms with van der Waals surface area (Å²) in [6.07, 6.45) is 0.320. The number of halogens is 1. The Bertz CT molecular complexity index is 1280. The third-order valence-corrected chi connectivity index (χ3v) is 6.93. The molecule has 1 unspecified atom stereocenters. The first-order chi connectivity index (χ1) is 14.8. The minimum Gasteiger partial charge on any atom is -0.307 e. The molecule has 7 nitrogen and oxygen atoms in total. The molecule has 0 saturated carbocycles. The molecule has 0 radical (unpaired) electrons. The van der Waals surface area contributed by atoms with Gasteiger partial charge in [-0.1, -0.05) is 30.3 Å². The molecule has 4 rings (SSSR count). The van der Waals surface area contributed by atoms with Crippen molar-refractivity contribution in [2.45, 2.75) is 19.0 Å². The van der Waals surface area contributed by atoms with E-state index in [0.29, 0.717) is 12.1 Å². The van der Waals surface area contributed by atoms with E-state index in [1.54, 1.807) is 42.5 Å². The van der Waals surface area contributed by atoms with E-state index >= 15 is 0 Å². The lowest BCUT2D eigenvalue weighted by atomic mass is 10.1. The largest absolute Gasteiger partial charge is 0.307 e. The van der Waals surface area contributed by atoms with Crippen LogP contribution in [0.25, 0.3) is 11.3 Å². The zero-order chi connectivity index (χ0) is 22.0.